The van der Waals surface area contributed by atoms with E-state index in [0.717, 1.165) is 10.5 Å². The van der Waals surface area contributed by atoms with Gasteiger partial charge in [0.15, 0.2) is 0 Å². The molecule has 0 bridgehead atoms. The lowest BCUT2D eigenvalue weighted by molar-refractivity contribution is -0.113. The zero-order valence-electron chi connectivity index (χ0n) is 13.4. The van der Waals surface area contributed by atoms with E-state index in [4.69, 9.17) is 4.74 Å². The molecule has 0 fully saturated rings. The van der Waals surface area contributed by atoms with E-state index in [1.54, 1.807) is 24.3 Å². The van der Waals surface area contributed by atoms with Crippen molar-refractivity contribution in [3.63, 3.8) is 0 Å². The van der Waals surface area contributed by atoms with Crippen LogP contribution in [-0.2, 0) is 9.53 Å². The molecule has 4 nitrogen and oxygen atoms in total. The van der Waals surface area contributed by atoms with Crippen molar-refractivity contribution in [2.75, 3.05) is 18.2 Å². The highest BCUT2D eigenvalue weighted by Gasteiger charge is 2.13. The Morgan fingerprint density at radius 1 is 1.13 bits per heavy atom. The van der Waals surface area contributed by atoms with Crippen LogP contribution in [0.15, 0.2) is 47.4 Å². The van der Waals surface area contributed by atoms with E-state index in [0.29, 0.717) is 11.3 Å². The van der Waals surface area contributed by atoms with Gasteiger partial charge in [-0.25, -0.2) is 4.79 Å². The number of ether oxygens (including phenoxy) is 1. The van der Waals surface area contributed by atoms with Crippen molar-refractivity contribution in [1.82, 2.24) is 0 Å². The second-order valence-corrected chi connectivity index (χ2v) is 6.16. The van der Waals surface area contributed by atoms with Crippen LogP contribution in [0, 0.1) is 13.8 Å². The summed E-state index contributed by atoms with van der Waals surface area (Å²) >= 11 is 1.47. The van der Waals surface area contributed by atoms with E-state index in [-0.39, 0.29) is 11.7 Å². The second-order valence-electron chi connectivity index (χ2n) is 5.14. The molecule has 0 saturated carbocycles. The molecule has 0 aliphatic rings. The zero-order valence-corrected chi connectivity index (χ0v) is 14.2. The maximum absolute atomic E-state index is 12.1. The van der Waals surface area contributed by atoms with E-state index < -0.39 is 5.97 Å². The first-order valence-corrected chi connectivity index (χ1v) is 8.17. The molecule has 0 aliphatic heterocycles. The number of carbonyl (C=O) groups is 2. The van der Waals surface area contributed by atoms with Crippen LogP contribution in [0.3, 0.4) is 0 Å². The number of carbonyl (C=O) groups excluding carboxylic acids is 2. The van der Waals surface area contributed by atoms with Crippen LogP contribution in [-0.4, -0.2) is 24.7 Å². The van der Waals surface area contributed by atoms with Gasteiger partial charge in [0.05, 0.1) is 24.1 Å². The van der Waals surface area contributed by atoms with Gasteiger partial charge >= 0.3 is 5.97 Å². The van der Waals surface area contributed by atoms with Crippen molar-refractivity contribution in [2.24, 2.45) is 0 Å². The van der Waals surface area contributed by atoms with Crippen molar-refractivity contribution in [1.29, 1.82) is 0 Å². The summed E-state index contributed by atoms with van der Waals surface area (Å²) in [5.41, 5.74) is 3.16. The van der Waals surface area contributed by atoms with Crippen LogP contribution in [0.2, 0.25) is 0 Å². The average molecular weight is 329 g/mol. The van der Waals surface area contributed by atoms with E-state index in [1.165, 1.54) is 24.4 Å². The lowest BCUT2D eigenvalue weighted by atomic mass is 10.2. The molecule has 0 spiro atoms. The Morgan fingerprint density at radius 3 is 2.57 bits per heavy atom. The third-order valence-electron chi connectivity index (χ3n) is 3.30. The van der Waals surface area contributed by atoms with Crippen LogP contribution < -0.4 is 5.32 Å². The van der Waals surface area contributed by atoms with Crippen molar-refractivity contribution < 1.29 is 14.3 Å². The third-order valence-corrected chi connectivity index (χ3v) is 4.47. The standard InChI is InChI=1S/C18H19NO3S/c1-12-8-9-16(13(2)10-12)23-11-17(20)19-15-7-5-4-6-14(15)18(21)22-3/h4-10H,11H2,1-3H3,(H,19,20). The van der Waals surface area contributed by atoms with Crippen molar-refractivity contribution in [3.8, 4) is 0 Å². The van der Waals surface area contributed by atoms with Crippen molar-refractivity contribution >= 4 is 29.3 Å². The molecule has 2 aromatic carbocycles. The van der Waals surface area contributed by atoms with Crippen molar-refractivity contribution in [2.45, 2.75) is 18.7 Å². The maximum Gasteiger partial charge on any atom is 0.339 e. The van der Waals surface area contributed by atoms with Crippen LogP contribution in [0.4, 0.5) is 5.69 Å². The molecule has 0 saturated heterocycles. The van der Waals surface area contributed by atoms with Gasteiger partial charge in [-0.2, -0.15) is 0 Å². The van der Waals surface area contributed by atoms with E-state index in [1.807, 2.05) is 26.0 Å². The van der Waals surface area contributed by atoms with Crippen LogP contribution in [0.1, 0.15) is 21.5 Å². The van der Waals surface area contributed by atoms with Gasteiger partial charge in [-0.1, -0.05) is 29.8 Å². The van der Waals surface area contributed by atoms with E-state index >= 15 is 0 Å². The molecule has 23 heavy (non-hydrogen) atoms. The summed E-state index contributed by atoms with van der Waals surface area (Å²) in [6.45, 7) is 4.07. The summed E-state index contributed by atoms with van der Waals surface area (Å²) < 4.78 is 4.72. The number of aryl methyl sites for hydroxylation is 2. The largest absolute Gasteiger partial charge is 0.465 e. The molecule has 0 unspecified atom stereocenters. The normalized spacial score (nSPS) is 10.2. The fraction of sp³-hybridized carbons (Fsp3) is 0.222. The molecule has 2 rings (SSSR count). The third kappa shape index (κ3) is 4.60. The van der Waals surface area contributed by atoms with Gasteiger partial charge in [0, 0.05) is 4.90 Å². The van der Waals surface area contributed by atoms with Gasteiger partial charge in [0.2, 0.25) is 5.91 Å². The minimum atomic E-state index is -0.470. The first kappa shape index (κ1) is 17.1. The summed E-state index contributed by atoms with van der Waals surface area (Å²) in [5.74, 6) is -0.353. The molecule has 120 valence electrons. The Morgan fingerprint density at radius 2 is 1.87 bits per heavy atom. The number of para-hydroxylation sites is 1. The number of amides is 1. The number of benzene rings is 2. The van der Waals surface area contributed by atoms with E-state index in [9.17, 15) is 9.59 Å². The molecule has 0 aliphatic carbocycles. The number of rotatable bonds is 5. The minimum Gasteiger partial charge on any atom is -0.465 e. The molecule has 1 amide bonds. The minimum absolute atomic E-state index is 0.161. The Labute approximate surface area is 140 Å². The molecular weight excluding hydrogens is 310 g/mol. The maximum atomic E-state index is 12.1. The molecule has 0 heterocycles. The topological polar surface area (TPSA) is 55.4 Å². The number of methoxy groups -OCH3 is 1. The number of anilines is 1. The first-order valence-electron chi connectivity index (χ1n) is 7.18. The molecule has 5 heteroatoms. The molecule has 1 N–H and O–H groups in total. The molecule has 0 aromatic heterocycles. The Bertz CT molecular complexity index is 728. The van der Waals surface area contributed by atoms with Crippen LogP contribution in [0.5, 0.6) is 0 Å². The average Bonchev–Trinajstić information content (AvgIpc) is 2.54. The zero-order chi connectivity index (χ0) is 16.8. The van der Waals surface area contributed by atoms with Gasteiger partial charge in [-0.05, 0) is 37.6 Å². The van der Waals surface area contributed by atoms with E-state index in [2.05, 4.69) is 11.4 Å². The van der Waals surface area contributed by atoms with Gasteiger partial charge in [0.1, 0.15) is 0 Å². The summed E-state index contributed by atoms with van der Waals surface area (Å²) in [7, 11) is 1.32. The number of thioether (sulfide) groups is 1. The molecule has 2 aromatic rings. The summed E-state index contributed by atoms with van der Waals surface area (Å²) in [5, 5.41) is 2.77. The monoisotopic (exact) mass is 329 g/mol. The predicted molar refractivity (Wildman–Crippen MR) is 93.1 cm³/mol. The Kier molecular flexibility index (Phi) is 5.82. The number of nitrogens with one attached hydrogen (secondary N) is 1. The van der Waals surface area contributed by atoms with Crippen LogP contribution >= 0.6 is 11.8 Å². The van der Waals surface area contributed by atoms with Gasteiger partial charge < -0.3 is 10.1 Å². The van der Waals surface area contributed by atoms with Gasteiger partial charge in [0.25, 0.3) is 0 Å². The predicted octanol–water partition coefficient (Wildman–Crippen LogP) is 3.82. The van der Waals surface area contributed by atoms with Crippen LogP contribution in [0.25, 0.3) is 0 Å². The molecule has 0 radical (unpaired) electrons. The first-order chi connectivity index (χ1) is 11.0. The fourth-order valence-electron chi connectivity index (χ4n) is 2.17. The highest BCUT2D eigenvalue weighted by molar-refractivity contribution is 8.00. The highest BCUT2D eigenvalue weighted by atomic mass is 32.2. The number of hydrogen-bond donors (Lipinski definition) is 1. The lowest BCUT2D eigenvalue weighted by Gasteiger charge is -2.10. The fourth-order valence-corrected chi connectivity index (χ4v) is 2.98. The van der Waals surface area contributed by atoms with Crippen molar-refractivity contribution in [3.05, 3.63) is 59.2 Å². The van der Waals surface area contributed by atoms with Gasteiger partial charge in [-0.15, -0.1) is 11.8 Å². The molecule has 0 atom stereocenters. The quantitative estimate of drug-likeness (QED) is 0.669. The Balaban J connectivity index is 2.01. The Hall–Kier alpha value is -2.27. The highest BCUT2D eigenvalue weighted by Crippen LogP contribution is 2.24. The summed E-state index contributed by atoms with van der Waals surface area (Å²) in [4.78, 5) is 24.9. The smallest absolute Gasteiger partial charge is 0.339 e. The summed E-state index contributed by atoms with van der Waals surface area (Å²) in [6.07, 6.45) is 0. The lowest BCUT2D eigenvalue weighted by Crippen LogP contribution is -2.17. The number of hydrogen-bond acceptors (Lipinski definition) is 4. The second kappa shape index (κ2) is 7.83. The van der Waals surface area contributed by atoms with Gasteiger partial charge in [-0.3, -0.25) is 4.79 Å². The number of esters is 1. The molecular formula is C18H19NO3S. The SMILES string of the molecule is COC(=O)c1ccccc1NC(=O)CSc1ccc(C)cc1C. The summed E-state index contributed by atoms with van der Waals surface area (Å²) in [6, 6.07) is 12.9.